The minimum Gasteiger partial charge on any atom is -0.350 e. The average Bonchev–Trinajstić information content (AvgIpc) is 3.09. The number of sulfonamides is 1. The summed E-state index contributed by atoms with van der Waals surface area (Å²) < 4.78 is 51.6. The second kappa shape index (κ2) is 9.79. The number of nitrogens with zero attached hydrogens (tertiary/aromatic N) is 2. The average molecular weight is 484 g/mol. The van der Waals surface area contributed by atoms with E-state index in [1.54, 1.807) is 24.3 Å². The summed E-state index contributed by atoms with van der Waals surface area (Å²) in [5, 5.41) is 2.94. The molecule has 1 N–H and O–H groups in total. The molecule has 0 spiro atoms. The maximum Gasteiger partial charge on any atom is 0.243 e. The van der Waals surface area contributed by atoms with E-state index in [4.69, 9.17) is 0 Å². The summed E-state index contributed by atoms with van der Waals surface area (Å²) in [6, 6.07) is 5.89. The van der Waals surface area contributed by atoms with Crippen LogP contribution in [0.2, 0.25) is 0 Å². The second-order valence-electron chi connectivity index (χ2n) is 9.20. The third-order valence-corrected chi connectivity index (χ3v) is 10.4. The summed E-state index contributed by atoms with van der Waals surface area (Å²) in [5.74, 6) is -0.158. The Bertz CT molecular complexity index is 1010. The third kappa shape index (κ3) is 5.52. The molecular weight excluding hydrogens is 450 g/mol. The van der Waals surface area contributed by atoms with Gasteiger partial charge < -0.3 is 5.32 Å². The summed E-state index contributed by atoms with van der Waals surface area (Å²) in [6.07, 6.45) is 6.19. The highest BCUT2D eigenvalue weighted by Crippen LogP contribution is 2.23. The van der Waals surface area contributed by atoms with Crippen molar-refractivity contribution in [2.75, 3.05) is 37.7 Å². The van der Waals surface area contributed by atoms with Crippen molar-refractivity contribution in [3.63, 3.8) is 0 Å². The van der Waals surface area contributed by atoms with Gasteiger partial charge in [0.15, 0.2) is 9.84 Å². The fraction of sp³-hybridized carbons (Fsp3) is 0.682. The summed E-state index contributed by atoms with van der Waals surface area (Å²) in [6.45, 7) is 2.85. The van der Waals surface area contributed by atoms with Crippen LogP contribution in [0.15, 0.2) is 29.2 Å². The predicted molar refractivity (Wildman–Crippen MR) is 123 cm³/mol. The van der Waals surface area contributed by atoms with Gasteiger partial charge >= 0.3 is 0 Å². The summed E-state index contributed by atoms with van der Waals surface area (Å²) in [5.41, 5.74) is 0.704. The monoisotopic (exact) mass is 483 g/mol. The molecule has 1 amide bonds. The van der Waals surface area contributed by atoms with E-state index in [0.29, 0.717) is 18.7 Å². The molecule has 0 bridgehead atoms. The summed E-state index contributed by atoms with van der Waals surface area (Å²) in [7, 11) is -6.67. The lowest BCUT2D eigenvalue weighted by atomic mass is 10.0. The number of benzene rings is 1. The molecular formula is C22H33N3O5S2. The van der Waals surface area contributed by atoms with Gasteiger partial charge in [-0.2, -0.15) is 4.31 Å². The molecule has 0 unspecified atom stereocenters. The molecule has 8 nitrogen and oxygen atoms in total. The van der Waals surface area contributed by atoms with E-state index < -0.39 is 25.9 Å². The van der Waals surface area contributed by atoms with Gasteiger partial charge in [-0.05, 0) is 56.5 Å². The van der Waals surface area contributed by atoms with Crippen LogP contribution < -0.4 is 5.32 Å². The van der Waals surface area contributed by atoms with Crippen LogP contribution >= 0.6 is 0 Å². The molecule has 10 heteroatoms. The summed E-state index contributed by atoms with van der Waals surface area (Å²) >= 11 is 0. The Hall–Kier alpha value is -1.49. The highest BCUT2D eigenvalue weighted by molar-refractivity contribution is 7.91. The molecule has 0 saturated carbocycles. The van der Waals surface area contributed by atoms with Gasteiger partial charge in [0.2, 0.25) is 15.9 Å². The summed E-state index contributed by atoms with van der Waals surface area (Å²) in [4.78, 5) is 15.1. The maximum absolute atomic E-state index is 12.8. The van der Waals surface area contributed by atoms with Crippen molar-refractivity contribution in [2.45, 2.75) is 61.9 Å². The Morgan fingerprint density at radius 1 is 0.906 bits per heavy atom. The normalized spacial score (nSPS) is 27.2. The van der Waals surface area contributed by atoms with Crippen LogP contribution in [0.5, 0.6) is 0 Å². The molecule has 3 saturated heterocycles. The SMILES string of the molecule is O=C(Cc1ccc(S(=O)(=O)N2CCCCC2)cc1)N[C@H]1CS(=O)(=O)C[C@H]1N1CCCCC1. The molecule has 2 atom stereocenters. The van der Waals surface area contributed by atoms with Crippen LogP contribution in [-0.4, -0.2) is 81.7 Å². The van der Waals surface area contributed by atoms with Crippen molar-refractivity contribution < 1.29 is 21.6 Å². The second-order valence-corrected chi connectivity index (χ2v) is 13.3. The number of carbonyl (C=O) groups excluding carboxylic acids is 1. The van der Waals surface area contributed by atoms with Crippen LogP contribution in [0.1, 0.15) is 44.1 Å². The Balaban J connectivity index is 1.38. The van der Waals surface area contributed by atoms with Crippen molar-refractivity contribution in [3.05, 3.63) is 29.8 Å². The minimum absolute atomic E-state index is 0.0209. The minimum atomic E-state index is -3.50. The number of carbonyl (C=O) groups is 1. The Labute approximate surface area is 191 Å². The van der Waals surface area contributed by atoms with E-state index in [2.05, 4.69) is 10.2 Å². The van der Waals surface area contributed by atoms with Gasteiger partial charge in [-0.15, -0.1) is 0 Å². The first-order chi connectivity index (χ1) is 15.2. The quantitative estimate of drug-likeness (QED) is 0.652. The van der Waals surface area contributed by atoms with Gasteiger partial charge in [0, 0.05) is 19.1 Å². The first-order valence-electron chi connectivity index (χ1n) is 11.6. The van der Waals surface area contributed by atoms with Gasteiger partial charge in [0.25, 0.3) is 0 Å². The van der Waals surface area contributed by atoms with Crippen LogP contribution in [0.4, 0.5) is 0 Å². The van der Waals surface area contributed by atoms with Crippen molar-refractivity contribution in [1.29, 1.82) is 0 Å². The largest absolute Gasteiger partial charge is 0.350 e. The van der Waals surface area contributed by atoms with Crippen LogP contribution in [0.25, 0.3) is 0 Å². The number of hydrogen-bond acceptors (Lipinski definition) is 6. The standard InChI is InChI=1S/C22H33N3O5S2/c26-22(23-20-16-31(27,28)17-21(20)24-11-3-1-4-12-24)15-18-7-9-19(10-8-18)32(29,30)25-13-5-2-6-14-25/h7-10,20-21H,1-6,11-17H2,(H,23,26)/t20-,21+/m0/s1. The van der Waals surface area contributed by atoms with E-state index in [0.717, 1.165) is 51.6 Å². The first kappa shape index (κ1) is 23.7. The Kier molecular flexibility index (Phi) is 7.24. The highest BCUT2D eigenvalue weighted by atomic mass is 32.2. The van der Waals surface area contributed by atoms with Crippen LogP contribution in [0, 0.1) is 0 Å². The molecule has 3 aliphatic heterocycles. The van der Waals surface area contributed by atoms with Crippen LogP contribution in [0.3, 0.4) is 0 Å². The first-order valence-corrected chi connectivity index (χ1v) is 14.8. The van der Waals surface area contributed by atoms with E-state index in [1.165, 1.54) is 4.31 Å². The lowest BCUT2D eigenvalue weighted by Crippen LogP contribution is -2.52. The zero-order valence-electron chi connectivity index (χ0n) is 18.4. The number of nitrogens with one attached hydrogen (secondary N) is 1. The predicted octanol–water partition coefficient (Wildman–Crippen LogP) is 1.17. The topological polar surface area (TPSA) is 104 Å². The molecule has 178 valence electrons. The maximum atomic E-state index is 12.8. The van der Waals surface area contributed by atoms with Gasteiger partial charge in [0.1, 0.15) is 0 Å². The number of sulfone groups is 1. The lowest BCUT2D eigenvalue weighted by molar-refractivity contribution is -0.121. The van der Waals surface area contributed by atoms with Crippen molar-refractivity contribution in [2.24, 2.45) is 0 Å². The fourth-order valence-electron chi connectivity index (χ4n) is 5.05. The van der Waals surface area contributed by atoms with Gasteiger partial charge in [-0.3, -0.25) is 9.69 Å². The Morgan fingerprint density at radius 2 is 1.50 bits per heavy atom. The van der Waals surface area contributed by atoms with Crippen molar-refractivity contribution in [1.82, 2.24) is 14.5 Å². The highest BCUT2D eigenvalue weighted by Gasteiger charge is 2.41. The van der Waals surface area contributed by atoms with Gasteiger partial charge in [-0.1, -0.05) is 25.0 Å². The Morgan fingerprint density at radius 3 is 2.12 bits per heavy atom. The van der Waals surface area contributed by atoms with E-state index in [1.807, 2.05) is 0 Å². The number of rotatable bonds is 6. The molecule has 0 aromatic heterocycles. The van der Waals surface area contributed by atoms with Crippen molar-refractivity contribution in [3.8, 4) is 0 Å². The molecule has 3 heterocycles. The molecule has 0 aliphatic carbocycles. The molecule has 3 fully saturated rings. The van der Waals surface area contributed by atoms with E-state index in [9.17, 15) is 21.6 Å². The third-order valence-electron chi connectivity index (χ3n) is 6.77. The lowest BCUT2D eigenvalue weighted by Gasteiger charge is -2.35. The molecule has 1 aromatic carbocycles. The molecule has 4 rings (SSSR count). The van der Waals surface area contributed by atoms with Crippen molar-refractivity contribution >= 4 is 25.8 Å². The molecule has 1 aromatic rings. The number of hydrogen-bond donors (Lipinski definition) is 1. The fourth-order valence-corrected chi connectivity index (χ4v) is 8.52. The molecule has 0 radical (unpaired) electrons. The van der Waals surface area contributed by atoms with E-state index in [-0.39, 0.29) is 34.8 Å². The number of likely N-dealkylation sites (tertiary alicyclic amines) is 1. The zero-order valence-corrected chi connectivity index (χ0v) is 20.0. The van der Waals surface area contributed by atoms with Gasteiger partial charge in [-0.25, -0.2) is 16.8 Å². The number of amides is 1. The number of piperidine rings is 2. The molecule has 32 heavy (non-hydrogen) atoms. The smallest absolute Gasteiger partial charge is 0.243 e. The van der Waals surface area contributed by atoms with E-state index >= 15 is 0 Å². The van der Waals surface area contributed by atoms with Crippen LogP contribution in [-0.2, 0) is 31.1 Å². The molecule has 3 aliphatic rings. The van der Waals surface area contributed by atoms with Gasteiger partial charge in [0.05, 0.1) is 28.9 Å². The zero-order chi connectivity index (χ0) is 22.8.